The number of amides is 1. The molecule has 0 bridgehead atoms. The molecular formula is C19H24N2O2. The molecule has 2 aliphatic heterocycles. The molecule has 4 rings (SSSR count). The van der Waals surface area contributed by atoms with Gasteiger partial charge < -0.3 is 9.32 Å². The van der Waals surface area contributed by atoms with E-state index in [1.165, 1.54) is 25.8 Å². The molecule has 2 fully saturated rings. The van der Waals surface area contributed by atoms with Gasteiger partial charge in [0.1, 0.15) is 11.3 Å². The van der Waals surface area contributed by atoms with Crippen molar-refractivity contribution in [2.24, 2.45) is 0 Å². The van der Waals surface area contributed by atoms with E-state index in [1.807, 2.05) is 36.1 Å². The van der Waals surface area contributed by atoms with Crippen molar-refractivity contribution >= 4 is 16.9 Å². The van der Waals surface area contributed by atoms with Gasteiger partial charge >= 0.3 is 0 Å². The van der Waals surface area contributed by atoms with Crippen molar-refractivity contribution in [3.8, 4) is 0 Å². The molecule has 1 atom stereocenters. The maximum absolute atomic E-state index is 12.8. The second-order valence-electron chi connectivity index (χ2n) is 7.03. The van der Waals surface area contributed by atoms with Crippen LogP contribution in [0.1, 0.15) is 42.3 Å². The van der Waals surface area contributed by atoms with E-state index in [2.05, 4.69) is 11.8 Å². The smallest absolute Gasteiger partial charge is 0.257 e. The number of carbonyl (C=O) groups is 1. The third-order valence-electron chi connectivity index (χ3n) is 5.37. The fraction of sp³-hybridized carbons (Fsp3) is 0.526. The first-order valence-electron chi connectivity index (χ1n) is 8.67. The largest absolute Gasteiger partial charge is 0.461 e. The summed E-state index contributed by atoms with van der Waals surface area (Å²) in [6.07, 6.45) is 3.92. The van der Waals surface area contributed by atoms with Gasteiger partial charge in [-0.25, -0.2) is 0 Å². The third-order valence-corrected chi connectivity index (χ3v) is 5.37. The molecule has 0 unspecified atom stereocenters. The number of benzene rings is 1. The predicted molar refractivity (Wildman–Crippen MR) is 90.7 cm³/mol. The van der Waals surface area contributed by atoms with Crippen LogP contribution in [0.2, 0.25) is 0 Å². The monoisotopic (exact) mass is 312 g/mol. The maximum Gasteiger partial charge on any atom is 0.257 e. The summed E-state index contributed by atoms with van der Waals surface area (Å²) in [5, 5.41) is 1.01. The van der Waals surface area contributed by atoms with Crippen LogP contribution in [0.4, 0.5) is 0 Å². The highest BCUT2D eigenvalue weighted by Crippen LogP contribution is 2.28. The number of hydrogen-bond acceptors (Lipinski definition) is 3. The number of fused-ring (bicyclic) bond motifs is 1. The van der Waals surface area contributed by atoms with Crippen molar-refractivity contribution < 1.29 is 9.21 Å². The number of likely N-dealkylation sites (tertiary alicyclic amines) is 2. The summed E-state index contributed by atoms with van der Waals surface area (Å²) in [7, 11) is 0. The SMILES string of the molecule is Cc1cc2cccc(C(=O)N3CC(N4CCCC[C@@H]4C)C3)c2o1. The van der Waals surface area contributed by atoms with Crippen molar-refractivity contribution in [3.05, 3.63) is 35.6 Å². The van der Waals surface area contributed by atoms with E-state index in [4.69, 9.17) is 4.42 Å². The zero-order chi connectivity index (χ0) is 16.0. The van der Waals surface area contributed by atoms with Crippen LogP contribution in [0.3, 0.4) is 0 Å². The van der Waals surface area contributed by atoms with Gasteiger partial charge in [-0.1, -0.05) is 18.6 Å². The fourth-order valence-electron chi connectivity index (χ4n) is 4.02. The van der Waals surface area contributed by atoms with E-state index < -0.39 is 0 Å². The Kier molecular flexibility index (Phi) is 3.64. The van der Waals surface area contributed by atoms with Gasteiger partial charge in [0.15, 0.2) is 0 Å². The van der Waals surface area contributed by atoms with Crippen molar-refractivity contribution in [3.63, 3.8) is 0 Å². The maximum atomic E-state index is 12.8. The minimum Gasteiger partial charge on any atom is -0.461 e. The Morgan fingerprint density at radius 2 is 2.09 bits per heavy atom. The van der Waals surface area contributed by atoms with E-state index in [9.17, 15) is 4.79 Å². The summed E-state index contributed by atoms with van der Waals surface area (Å²) < 4.78 is 5.74. The van der Waals surface area contributed by atoms with Gasteiger partial charge in [0.25, 0.3) is 5.91 Å². The Balaban J connectivity index is 1.48. The van der Waals surface area contributed by atoms with Gasteiger partial charge in [-0.05, 0) is 45.4 Å². The highest BCUT2D eigenvalue weighted by atomic mass is 16.3. The van der Waals surface area contributed by atoms with E-state index in [1.54, 1.807) is 0 Å². The lowest BCUT2D eigenvalue weighted by Gasteiger charge is -2.49. The van der Waals surface area contributed by atoms with Crippen molar-refractivity contribution in [1.82, 2.24) is 9.80 Å². The third kappa shape index (κ3) is 2.55. The molecule has 0 N–H and O–H groups in total. The first kappa shape index (κ1) is 14.8. The van der Waals surface area contributed by atoms with Crippen LogP contribution in [-0.4, -0.2) is 47.4 Å². The molecule has 0 aliphatic carbocycles. The number of furan rings is 1. The molecule has 4 nitrogen and oxygen atoms in total. The number of piperidine rings is 1. The predicted octanol–water partition coefficient (Wildman–Crippen LogP) is 3.44. The Morgan fingerprint density at radius 1 is 1.26 bits per heavy atom. The second kappa shape index (κ2) is 5.68. The Bertz CT molecular complexity index is 730. The average molecular weight is 312 g/mol. The highest BCUT2D eigenvalue weighted by molar-refractivity contribution is 6.05. The summed E-state index contributed by atoms with van der Waals surface area (Å²) >= 11 is 0. The lowest BCUT2D eigenvalue weighted by atomic mass is 9.97. The molecule has 0 spiro atoms. The summed E-state index contributed by atoms with van der Waals surface area (Å²) in [5.74, 6) is 0.953. The van der Waals surface area contributed by atoms with Crippen LogP contribution in [-0.2, 0) is 0 Å². The first-order valence-corrected chi connectivity index (χ1v) is 8.67. The minimum atomic E-state index is 0.103. The molecular weight excluding hydrogens is 288 g/mol. The standard InChI is InChI=1S/C19H24N2O2/c1-13-6-3-4-9-21(13)16-11-20(12-16)19(22)17-8-5-7-15-10-14(2)23-18(15)17/h5,7-8,10,13,16H,3-4,6,9,11-12H2,1-2H3/t13-/m0/s1. The van der Waals surface area contributed by atoms with Gasteiger partial charge in [0.05, 0.1) is 5.56 Å². The molecule has 4 heteroatoms. The molecule has 1 amide bonds. The molecule has 1 aromatic heterocycles. The number of nitrogens with zero attached hydrogens (tertiary/aromatic N) is 2. The van der Waals surface area contributed by atoms with Crippen LogP contribution >= 0.6 is 0 Å². The van der Waals surface area contributed by atoms with Crippen LogP contribution in [0, 0.1) is 6.92 Å². The van der Waals surface area contributed by atoms with Gasteiger partial charge in [0, 0.05) is 30.6 Å². The molecule has 122 valence electrons. The van der Waals surface area contributed by atoms with Crippen LogP contribution in [0.5, 0.6) is 0 Å². The number of rotatable bonds is 2. The topological polar surface area (TPSA) is 36.7 Å². The fourth-order valence-corrected chi connectivity index (χ4v) is 4.02. The number of para-hydroxylation sites is 1. The van der Waals surface area contributed by atoms with E-state index >= 15 is 0 Å². The Morgan fingerprint density at radius 3 is 2.87 bits per heavy atom. The second-order valence-corrected chi connectivity index (χ2v) is 7.03. The summed E-state index contributed by atoms with van der Waals surface area (Å²) in [6.45, 7) is 7.11. The summed E-state index contributed by atoms with van der Waals surface area (Å²) in [6, 6.07) is 8.99. The average Bonchev–Trinajstić information content (AvgIpc) is 2.87. The number of carbonyl (C=O) groups excluding carboxylic acids is 1. The molecule has 3 heterocycles. The zero-order valence-electron chi connectivity index (χ0n) is 13.9. The zero-order valence-corrected chi connectivity index (χ0v) is 13.9. The summed E-state index contributed by atoms with van der Waals surface area (Å²) in [4.78, 5) is 17.4. The van der Waals surface area contributed by atoms with Crippen LogP contribution < -0.4 is 0 Å². The molecule has 0 radical (unpaired) electrons. The van der Waals surface area contributed by atoms with Crippen molar-refractivity contribution in [1.29, 1.82) is 0 Å². The van der Waals surface area contributed by atoms with Crippen molar-refractivity contribution in [2.75, 3.05) is 19.6 Å². The highest BCUT2D eigenvalue weighted by Gasteiger charge is 2.38. The molecule has 2 saturated heterocycles. The Hall–Kier alpha value is -1.81. The molecule has 1 aromatic carbocycles. The minimum absolute atomic E-state index is 0.103. The summed E-state index contributed by atoms with van der Waals surface area (Å²) in [5.41, 5.74) is 1.42. The lowest BCUT2D eigenvalue weighted by molar-refractivity contribution is 0.00218. The van der Waals surface area contributed by atoms with Crippen LogP contribution in [0.25, 0.3) is 11.0 Å². The number of aryl methyl sites for hydroxylation is 1. The van der Waals surface area contributed by atoms with Gasteiger partial charge in [-0.2, -0.15) is 0 Å². The van der Waals surface area contributed by atoms with Gasteiger partial charge in [0.2, 0.25) is 0 Å². The first-order chi connectivity index (χ1) is 11.1. The van der Waals surface area contributed by atoms with Gasteiger partial charge in [-0.3, -0.25) is 9.69 Å². The molecule has 23 heavy (non-hydrogen) atoms. The molecule has 2 aromatic rings. The van der Waals surface area contributed by atoms with E-state index in [-0.39, 0.29) is 5.91 Å². The Labute approximate surface area is 137 Å². The normalized spacial score (nSPS) is 23.2. The molecule has 2 aliphatic rings. The molecule has 0 saturated carbocycles. The van der Waals surface area contributed by atoms with Crippen LogP contribution in [0.15, 0.2) is 28.7 Å². The number of hydrogen-bond donors (Lipinski definition) is 0. The van der Waals surface area contributed by atoms with E-state index in [0.717, 1.165) is 29.8 Å². The van der Waals surface area contributed by atoms with E-state index in [0.29, 0.717) is 17.6 Å². The quantitative estimate of drug-likeness (QED) is 0.852. The lowest BCUT2D eigenvalue weighted by Crippen LogP contribution is -2.63. The van der Waals surface area contributed by atoms with Gasteiger partial charge in [-0.15, -0.1) is 0 Å². The van der Waals surface area contributed by atoms with Crippen molar-refractivity contribution in [2.45, 2.75) is 45.2 Å².